The lowest BCUT2D eigenvalue weighted by Crippen LogP contribution is -2.51. The van der Waals surface area contributed by atoms with Crippen LogP contribution in [0.25, 0.3) is 0 Å². The number of anilines is 1. The molecule has 9 nitrogen and oxygen atoms in total. The third-order valence-corrected chi connectivity index (χ3v) is 8.88. The first-order valence-corrected chi connectivity index (χ1v) is 12.9. The molecule has 31 heavy (non-hydrogen) atoms. The predicted molar refractivity (Wildman–Crippen MR) is 115 cm³/mol. The number of aryl methyl sites for hydroxylation is 1. The number of hydrogen-bond donors (Lipinski definition) is 0. The van der Waals surface area contributed by atoms with E-state index in [1.165, 1.54) is 4.31 Å². The van der Waals surface area contributed by atoms with Crippen molar-refractivity contribution in [2.24, 2.45) is 5.92 Å². The van der Waals surface area contributed by atoms with Gasteiger partial charge in [-0.25, -0.2) is 9.97 Å². The molecule has 3 fully saturated rings. The minimum Gasteiger partial charge on any atom is -0.379 e. The SMILES string of the molecule is Cc1nc(C2CCCCN2S(=O)(=O)N2CCOCC2)nc2c1CCC(=O)N2CC1CC1. The lowest BCUT2D eigenvalue weighted by Gasteiger charge is -2.39. The first-order valence-electron chi connectivity index (χ1n) is 11.5. The highest BCUT2D eigenvalue weighted by molar-refractivity contribution is 7.86. The molecule has 1 aromatic heterocycles. The largest absolute Gasteiger partial charge is 0.379 e. The smallest absolute Gasteiger partial charge is 0.282 e. The van der Waals surface area contributed by atoms with E-state index in [1.807, 2.05) is 11.8 Å². The number of piperidine rings is 1. The third kappa shape index (κ3) is 4.10. The van der Waals surface area contributed by atoms with Crippen LogP contribution in [0.3, 0.4) is 0 Å². The number of morpholine rings is 1. The topological polar surface area (TPSA) is 95.9 Å². The van der Waals surface area contributed by atoms with E-state index in [9.17, 15) is 13.2 Å². The second-order valence-corrected chi connectivity index (χ2v) is 10.9. The highest BCUT2D eigenvalue weighted by Gasteiger charge is 2.40. The summed E-state index contributed by atoms with van der Waals surface area (Å²) in [5.41, 5.74) is 1.89. The summed E-state index contributed by atoms with van der Waals surface area (Å²) in [6.07, 6.45) is 5.92. The van der Waals surface area contributed by atoms with Crippen molar-refractivity contribution < 1.29 is 17.9 Å². The molecule has 1 atom stereocenters. The van der Waals surface area contributed by atoms with Crippen molar-refractivity contribution in [3.8, 4) is 0 Å². The predicted octanol–water partition coefficient (Wildman–Crippen LogP) is 1.58. The summed E-state index contributed by atoms with van der Waals surface area (Å²) in [7, 11) is -3.62. The van der Waals surface area contributed by atoms with Crippen molar-refractivity contribution in [3.05, 3.63) is 17.1 Å². The summed E-state index contributed by atoms with van der Waals surface area (Å²) in [6, 6.07) is -0.398. The van der Waals surface area contributed by atoms with Crippen LogP contribution in [0.4, 0.5) is 5.82 Å². The van der Waals surface area contributed by atoms with E-state index in [0.717, 1.165) is 36.9 Å². The van der Waals surface area contributed by atoms with E-state index in [1.54, 1.807) is 4.31 Å². The van der Waals surface area contributed by atoms with Crippen molar-refractivity contribution in [2.45, 2.75) is 57.9 Å². The van der Waals surface area contributed by atoms with Gasteiger partial charge < -0.3 is 4.74 Å². The number of amides is 1. The van der Waals surface area contributed by atoms with Crippen LogP contribution in [0, 0.1) is 12.8 Å². The van der Waals surface area contributed by atoms with Gasteiger partial charge in [-0.05, 0) is 44.9 Å². The Labute approximate surface area is 184 Å². The zero-order chi connectivity index (χ0) is 21.6. The van der Waals surface area contributed by atoms with Crippen LogP contribution in [0.15, 0.2) is 0 Å². The molecule has 1 aromatic rings. The Morgan fingerprint density at radius 2 is 1.81 bits per heavy atom. The van der Waals surface area contributed by atoms with Gasteiger partial charge in [0.25, 0.3) is 10.2 Å². The number of rotatable bonds is 5. The fraction of sp³-hybridized carbons (Fsp3) is 0.762. The summed E-state index contributed by atoms with van der Waals surface area (Å²) < 4.78 is 35.3. The van der Waals surface area contributed by atoms with Crippen LogP contribution in [-0.4, -0.2) is 72.3 Å². The van der Waals surface area contributed by atoms with Gasteiger partial charge in [-0.2, -0.15) is 17.0 Å². The summed E-state index contributed by atoms with van der Waals surface area (Å²) in [6.45, 7) is 4.73. The molecule has 5 rings (SSSR count). The Balaban J connectivity index is 1.50. The quantitative estimate of drug-likeness (QED) is 0.677. The van der Waals surface area contributed by atoms with Crippen LogP contribution < -0.4 is 4.90 Å². The molecular weight excluding hydrogens is 418 g/mol. The molecule has 4 aliphatic rings. The van der Waals surface area contributed by atoms with Gasteiger partial charge in [0.05, 0.1) is 19.3 Å². The Kier molecular flexibility index (Phi) is 5.74. The lowest BCUT2D eigenvalue weighted by atomic mass is 10.0. The van der Waals surface area contributed by atoms with Crippen molar-refractivity contribution in [2.75, 3.05) is 44.3 Å². The first-order chi connectivity index (χ1) is 14.9. The van der Waals surface area contributed by atoms with E-state index in [2.05, 4.69) is 0 Å². The van der Waals surface area contributed by atoms with Gasteiger partial charge in [0, 0.05) is 43.9 Å². The second kappa shape index (κ2) is 8.38. The van der Waals surface area contributed by atoms with Crippen LogP contribution in [-0.2, 0) is 26.2 Å². The molecule has 3 aliphatic heterocycles. The van der Waals surface area contributed by atoms with E-state index in [4.69, 9.17) is 14.7 Å². The fourth-order valence-electron chi connectivity index (χ4n) is 4.86. The van der Waals surface area contributed by atoms with Gasteiger partial charge in [-0.15, -0.1) is 0 Å². The Hall–Kier alpha value is -1.62. The van der Waals surface area contributed by atoms with Gasteiger partial charge in [0.2, 0.25) is 5.91 Å². The lowest BCUT2D eigenvalue weighted by molar-refractivity contribution is -0.119. The first kappa shape index (κ1) is 21.2. The monoisotopic (exact) mass is 449 g/mol. The normalized spacial score (nSPS) is 26.2. The van der Waals surface area contributed by atoms with E-state index in [-0.39, 0.29) is 5.91 Å². The van der Waals surface area contributed by atoms with E-state index in [0.29, 0.717) is 76.2 Å². The third-order valence-electron chi connectivity index (χ3n) is 6.84. The Morgan fingerprint density at radius 3 is 2.55 bits per heavy atom. The molecular formula is C21H31N5O4S. The summed E-state index contributed by atoms with van der Waals surface area (Å²) in [5.74, 6) is 1.91. The molecule has 10 heteroatoms. The molecule has 1 unspecified atom stereocenters. The van der Waals surface area contributed by atoms with Gasteiger partial charge in [0.15, 0.2) is 0 Å². The molecule has 4 heterocycles. The molecule has 1 saturated carbocycles. The van der Waals surface area contributed by atoms with Gasteiger partial charge >= 0.3 is 0 Å². The van der Waals surface area contributed by atoms with Gasteiger partial charge in [-0.1, -0.05) is 6.42 Å². The van der Waals surface area contributed by atoms with Crippen LogP contribution in [0.5, 0.6) is 0 Å². The zero-order valence-corrected chi connectivity index (χ0v) is 18.9. The average Bonchev–Trinajstić information content (AvgIpc) is 3.60. The number of hydrogen-bond acceptors (Lipinski definition) is 6. The van der Waals surface area contributed by atoms with E-state index < -0.39 is 16.3 Å². The highest BCUT2D eigenvalue weighted by atomic mass is 32.2. The molecule has 0 bridgehead atoms. The van der Waals surface area contributed by atoms with Crippen molar-refractivity contribution in [1.29, 1.82) is 0 Å². The molecule has 1 aliphatic carbocycles. The van der Waals surface area contributed by atoms with Crippen LogP contribution in [0.1, 0.15) is 61.6 Å². The van der Waals surface area contributed by atoms with Crippen molar-refractivity contribution in [3.63, 3.8) is 0 Å². The maximum atomic E-state index is 13.4. The van der Waals surface area contributed by atoms with Crippen LogP contribution in [0.2, 0.25) is 0 Å². The van der Waals surface area contributed by atoms with Gasteiger partial charge in [0.1, 0.15) is 11.6 Å². The fourth-order valence-corrected chi connectivity index (χ4v) is 6.65. The molecule has 0 N–H and O–H groups in total. The molecule has 2 saturated heterocycles. The van der Waals surface area contributed by atoms with Crippen molar-refractivity contribution in [1.82, 2.24) is 18.6 Å². The minimum absolute atomic E-state index is 0.116. The molecule has 1 amide bonds. The van der Waals surface area contributed by atoms with Gasteiger partial charge in [-0.3, -0.25) is 9.69 Å². The second-order valence-electron chi connectivity index (χ2n) is 9.06. The Morgan fingerprint density at radius 1 is 1.03 bits per heavy atom. The maximum Gasteiger partial charge on any atom is 0.282 e. The minimum atomic E-state index is -3.62. The molecule has 170 valence electrons. The average molecular weight is 450 g/mol. The number of ether oxygens (including phenoxy) is 1. The van der Waals surface area contributed by atoms with Crippen LogP contribution >= 0.6 is 0 Å². The summed E-state index contributed by atoms with van der Waals surface area (Å²) in [5, 5.41) is 0. The summed E-state index contributed by atoms with van der Waals surface area (Å²) in [4.78, 5) is 24.2. The molecule has 0 radical (unpaired) electrons. The number of fused-ring (bicyclic) bond motifs is 1. The summed E-state index contributed by atoms with van der Waals surface area (Å²) >= 11 is 0. The highest BCUT2D eigenvalue weighted by Crippen LogP contribution is 2.38. The number of carbonyl (C=O) groups is 1. The number of carbonyl (C=O) groups excluding carboxylic acids is 1. The maximum absolute atomic E-state index is 13.4. The Bertz CT molecular complexity index is 959. The zero-order valence-electron chi connectivity index (χ0n) is 18.1. The number of aromatic nitrogens is 2. The molecule has 0 aromatic carbocycles. The standard InChI is InChI=1S/C21H31N5O4S/c1-15-17-7-8-19(27)25(14-16-5-6-16)21(17)23-20(22-15)18-4-2-3-9-26(18)31(28,29)24-10-12-30-13-11-24/h16,18H,2-14H2,1H3. The molecule has 0 spiro atoms. The van der Waals surface area contributed by atoms with Crippen molar-refractivity contribution >= 4 is 21.9 Å². The van der Waals surface area contributed by atoms with E-state index >= 15 is 0 Å². The number of nitrogens with zero attached hydrogens (tertiary/aromatic N) is 5.